The van der Waals surface area contributed by atoms with Crippen LogP contribution in [-0.2, 0) is 13.0 Å². The van der Waals surface area contributed by atoms with Gasteiger partial charge in [0.15, 0.2) is 0 Å². The Morgan fingerprint density at radius 3 is 2.55 bits per heavy atom. The van der Waals surface area contributed by atoms with Crippen LogP contribution in [0.2, 0.25) is 0 Å². The molecule has 5 nitrogen and oxygen atoms in total. The number of carbonyl (C=O) groups is 1. The third-order valence-electron chi connectivity index (χ3n) is 6.30. The average Bonchev–Trinajstić information content (AvgIpc) is 3.27. The van der Waals surface area contributed by atoms with Gasteiger partial charge in [-0.15, -0.1) is 5.53 Å². The van der Waals surface area contributed by atoms with Crippen LogP contribution in [0.1, 0.15) is 35.3 Å². The molecule has 3 aromatic rings. The molecule has 2 aliphatic rings. The van der Waals surface area contributed by atoms with E-state index in [9.17, 15) is 4.79 Å². The van der Waals surface area contributed by atoms with Crippen molar-refractivity contribution in [2.45, 2.75) is 32.9 Å². The Hall–Kier alpha value is -3.31. The Balaban J connectivity index is 1.49. The van der Waals surface area contributed by atoms with Gasteiger partial charge in [0.05, 0.1) is 12.6 Å². The number of hydrazine groups is 2. The summed E-state index contributed by atoms with van der Waals surface area (Å²) < 4.78 is 0. The number of carbonyl (C=O) groups excluding carboxylic acids is 1. The highest BCUT2D eigenvalue weighted by molar-refractivity contribution is 6.07. The van der Waals surface area contributed by atoms with Crippen LogP contribution in [0.15, 0.2) is 78.6 Å². The molecular formula is C26H28N4O. The van der Waals surface area contributed by atoms with Crippen LogP contribution >= 0.6 is 0 Å². The first-order chi connectivity index (χ1) is 15.1. The fraction of sp³-hybridized carbons (Fsp3) is 0.269. The van der Waals surface area contributed by atoms with Gasteiger partial charge in [-0.2, -0.15) is 0 Å². The fourth-order valence-electron chi connectivity index (χ4n) is 4.54. The summed E-state index contributed by atoms with van der Waals surface area (Å²) in [6.45, 7) is 5.67. The van der Waals surface area contributed by atoms with E-state index in [1.807, 2.05) is 35.2 Å². The molecule has 2 N–H and O–H groups in total. The predicted octanol–water partition coefficient (Wildman–Crippen LogP) is 4.23. The van der Waals surface area contributed by atoms with E-state index in [2.05, 4.69) is 72.4 Å². The van der Waals surface area contributed by atoms with Crippen molar-refractivity contribution in [3.63, 3.8) is 0 Å². The van der Waals surface area contributed by atoms with Crippen LogP contribution in [0, 0.1) is 5.92 Å². The second-order valence-electron chi connectivity index (χ2n) is 8.71. The Morgan fingerprint density at radius 1 is 1.00 bits per heavy atom. The van der Waals surface area contributed by atoms with Crippen molar-refractivity contribution in [1.29, 1.82) is 0 Å². The van der Waals surface area contributed by atoms with E-state index in [0.717, 1.165) is 28.5 Å². The molecule has 0 aliphatic carbocycles. The molecule has 31 heavy (non-hydrogen) atoms. The fourth-order valence-corrected chi connectivity index (χ4v) is 4.54. The highest BCUT2D eigenvalue weighted by Crippen LogP contribution is 2.28. The molecule has 0 spiro atoms. The van der Waals surface area contributed by atoms with E-state index in [0.29, 0.717) is 19.0 Å². The van der Waals surface area contributed by atoms with Gasteiger partial charge in [0, 0.05) is 24.0 Å². The summed E-state index contributed by atoms with van der Waals surface area (Å²) >= 11 is 0. The zero-order valence-electron chi connectivity index (χ0n) is 18.0. The quantitative estimate of drug-likeness (QED) is 0.673. The maximum absolute atomic E-state index is 13.8. The lowest BCUT2D eigenvalue weighted by Gasteiger charge is -2.39. The van der Waals surface area contributed by atoms with E-state index in [1.165, 1.54) is 11.1 Å². The minimum absolute atomic E-state index is 0.0680. The number of nitrogens with zero attached hydrogens (tertiary/aromatic N) is 2. The first-order valence-corrected chi connectivity index (χ1v) is 11.0. The number of allylic oxidation sites excluding steroid dienone is 1. The van der Waals surface area contributed by atoms with Crippen LogP contribution in [-0.4, -0.2) is 28.4 Å². The van der Waals surface area contributed by atoms with Crippen LogP contribution in [0.5, 0.6) is 0 Å². The number of hydrogen-bond acceptors (Lipinski definition) is 4. The Kier molecular flexibility index (Phi) is 5.12. The summed E-state index contributed by atoms with van der Waals surface area (Å²) in [6, 6.07) is 22.7. The molecule has 0 fully saturated rings. The van der Waals surface area contributed by atoms with E-state index in [4.69, 9.17) is 0 Å². The summed E-state index contributed by atoms with van der Waals surface area (Å²) in [4.78, 5) is 15.9. The Bertz CT molecular complexity index is 1150. The van der Waals surface area contributed by atoms with Gasteiger partial charge in [0.1, 0.15) is 0 Å². The van der Waals surface area contributed by atoms with Crippen LogP contribution < -0.4 is 11.0 Å². The molecule has 0 saturated carbocycles. The highest BCUT2D eigenvalue weighted by Gasteiger charge is 2.32. The highest BCUT2D eigenvalue weighted by atomic mass is 16.2. The SMILES string of the molecule is CC(C)C1=CN(C[C@@H]2Cc3ccccc3CN2C(=O)c2cccc3ccccc23)NN1. The van der Waals surface area contributed by atoms with Crippen molar-refractivity contribution in [3.05, 3.63) is 95.3 Å². The lowest BCUT2D eigenvalue weighted by Crippen LogP contribution is -2.51. The lowest BCUT2D eigenvalue weighted by atomic mass is 9.92. The lowest BCUT2D eigenvalue weighted by molar-refractivity contribution is 0.0583. The predicted molar refractivity (Wildman–Crippen MR) is 124 cm³/mol. The first kappa shape index (κ1) is 19.6. The maximum atomic E-state index is 13.8. The average molecular weight is 413 g/mol. The number of rotatable bonds is 4. The molecule has 5 rings (SSSR count). The van der Waals surface area contributed by atoms with Crippen LogP contribution in [0.4, 0.5) is 0 Å². The molecular weight excluding hydrogens is 384 g/mol. The van der Waals surface area contributed by atoms with Gasteiger partial charge >= 0.3 is 0 Å². The van der Waals surface area contributed by atoms with E-state index < -0.39 is 0 Å². The maximum Gasteiger partial charge on any atom is 0.255 e. The third kappa shape index (κ3) is 3.77. The summed E-state index contributed by atoms with van der Waals surface area (Å²) in [6.07, 6.45) is 2.96. The monoisotopic (exact) mass is 412 g/mol. The molecule has 0 aromatic heterocycles. The van der Waals surface area contributed by atoms with Gasteiger partial charge in [-0.3, -0.25) is 9.80 Å². The second kappa shape index (κ2) is 8.08. The molecule has 2 heterocycles. The molecule has 0 radical (unpaired) electrons. The minimum Gasteiger partial charge on any atom is -0.329 e. The molecule has 1 amide bonds. The number of amides is 1. The number of benzene rings is 3. The molecule has 1 atom stereocenters. The summed E-state index contributed by atoms with van der Waals surface area (Å²) in [5, 5.41) is 4.17. The van der Waals surface area contributed by atoms with Crippen molar-refractivity contribution in [2.75, 3.05) is 6.54 Å². The van der Waals surface area contributed by atoms with Crippen LogP contribution in [0.3, 0.4) is 0 Å². The second-order valence-corrected chi connectivity index (χ2v) is 8.71. The molecule has 5 heteroatoms. The first-order valence-electron chi connectivity index (χ1n) is 11.0. The van der Waals surface area contributed by atoms with Crippen LogP contribution in [0.25, 0.3) is 10.8 Å². The van der Waals surface area contributed by atoms with Crippen molar-refractivity contribution in [1.82, 2.24) is 20.9 Å². The van der Waals surface area contributed by atoms with Gasteiger partial charge in [-0.25, -0.2) is 0 Å². The zero-order valence-corrected chi connectivity index (χ0v) is 18.0. The largest absolute Gasteiger partial charge is 0.329 e. The molecule has 0 saturated heterocycles. The molecule has 0 bridgehead atoms. The smallest absolute Gasteiger partial charge is 0.255 e. The number of hydrogen-bond donors (Lipinski definition) is 2. The van der Waals surface area contributed by atoms with E-state index >= 15 is 0 Å². The van der Waals surface area contributed by atoms with Crippen molar-refractivity contribution < 1.29 is 4.79 Å². The van der Waals surface area contributed by atoms with Crippen molar-refractivity contribution >= 4 is 16.7 Å². The van der Waals surface area contributed by atoms with Gasteiger partial charge < -0.3 is 10.3 Å². The summed E-state index contributed by atoms with van der Waals surface area (Å²) in [5.41, 5.74) is 11.0. The summed E-state index contributed by atoms with van der Waals surface area (Å²) in [7, 11) is 0. The van der Waals surface area contributed by atoms with E-state index in [1.54, 1.807) is 0 Å². The van der Waals surface area contributed by atoms with Crippen molar-refractivity contribution in [3.8, 4) is 0 Å². The minimum atomic E-state index is 0.0680. The normalized spacial score (nSPS) is 18.2. The molecule has 158 valence electrons. The topological polar surface area (TPSA) is 47.6 Å². The molecule has 0 unspecified atom stereocenters. The van der Waals surface area contributed by atoms with Gasteiger partial charge in [0.2, 0.25) is 0 Å². The van der Waals surface area contributed by atoms with Gasteiger partial charge in [0.25, 0.3) is 5.91 Å². The third-order valence-corrected chi connectivity index (χ3v) is 6.30. The van der Waals surface area contributed by atoms with Crippen molar-refractivity contribution in [2.24, 2.45) is 5.92 Å². The number of nitrogens with one attached hydrogen (secondary N) is 2. The number of fused-ring (bicyclic) bond motifs is 2. The van der Waals surface area contributed by atoms with Gasteiger partial charge in [-0.05, 0) is 40.3 Å². The summed E-state index contributed by atoms with van der Waals surface area (Å²) in [5.74, 6) is 0.509. The van der Waals surface area contributed by atoms with E-state index in [-0.39, 0.29) is 11.9 Å². The standard InChI is InChI=1S/C26H28N4O/c1-18(2)25-17-29(28-27-25)16-22-14-20-9-3-4-10-21(20)15-30(22)26(31)24-13-7-11-19-8-5-6-12-23(19)24/h3-13,17-18,22,27-28H,14-16H2,1-2H3/t22-/m0/s1. The Labute approximate surface area is 183 Å². The zero-order chi connectivity index (χ0) is 21.4. The van der Waals surface area contributed by atoms with Gasteiger partial charge in [-0.1, -0.05) is 74.5 Å². The Morgan fingerprint density at radius 2 is 1.74 bits per heavy atom. The molecule has 2 aliphatic heterocycles. The molecule has 3 aromatic carbocycles.